The van der Waals surface area contributed by atoms with Crippen molar-refractivity contribution in [1.82, 2.24) is 4.98 Å². The Morgan fingerprint density at radius 3 is 2.54 bits per heavy atom. The third kappa shape index (κ3) is 4.20. The quantitative estimate of drug-likeness (QED) is 0.812. The second-order valence-electron chi connectivity index (χ2n) is 4.95. The molecule has 0 atom stereocenters. The number of nitrogens with zero attached hydrogens (tertiary/aromatic N) is 3. The van der Waals surface area contributed by atoms with E-state index in [2.05, 4.69) is 4.98 Å². The zero-order chi connectivity index (χ0) is 19.3. The average Bonchev–Trinajstić information content (AvgIpc) is 2.60. The molecule has 0 saturated heterocycles. The van der Waals surface area contributed by atoms with Gasteiger partial charge >= 0.3 is 6.09 Å². The van der Waals surface area contributed by atoms with Gasteiger partial charge in [-0.2, -0.15) is 10.2 Å². The van der Waals surface area contributed by atoms with E-state index in [1.54, 1.807) is 6.07 Å². The van der Waals surface area contributed by atoms with Gasteiger partial charge in [-0.15, -0.1) is 0 Å². The first-order valence-electron chi connectivity index (χ1n) is 7.16. The first kappa shape index (κ1) is 19.0. The highest BCUT2D eigenvalue weighted by Gasteiger charge is 2.23. The van der Waals surface area contributed by atoms with E-state index in [0.717, 1.165) is 6.07 Å². The summed E-state index contributed by atoms with van der Waals surface area (Å²) >= 11 is 0. The number of amides is 1. The fourth-order valence-corrected chi connectivity index (χ4v) is 2.00. The lowest BCUT2D eigenvalue weighted by atomic mass is 10.1. The molecule has 7 nitrogen and oxygen atoms in total. The fourth-order valence-electron chi connectivity index (χ4n) is 2.00. The minimum atomic E-state index is -1.61. The van der Waals surface area contributed by atoms with Crippen LogP contribution in [0, 0.1) is 28.8 Å². The van der Waals surface area contributed by atoms with E-state index in [-0.39, 0.29) is 11.1 Å². The molecule has 1 aromatic heterocycles. The van der Waals surface area contributed by atoms with Crippen LogP contribution in [0.5, 0.6) is 5.88 Å². The topological polar surface area (TPSA) is 107 Å². The highest BCUT2D eigenvalue weighted by Crippen LogP contribution is 2.25. The highest BCUT2D eigenvalue weighted by molar-refractivity contribution is 5.84. The number of hydrogen-bond donors (Lipinski definition) is 2. The molecule has 2 rings (SSSR count). The third-order valence-electron chi connectivity index (χ3n) is 3.24. The number of hydrogen-bond acceptors (Lipinski definition) is 5. The van der Waals surface area contributed by atoms with Crippen molar-refractivity contribution in [1.29, 1.82) is 5.26 Å². The Morgan fingerprint density at radius 1 is 1.23 bits per heavy atom. The van der Waals surface area contributed by atoms with E-state index in [1.165, 1.54) is 12.1 Å². The predicted molar refractivity (Wildman–Crippen MR) is 82.1 cm³/mol. The van der Waals surface area contributed by atoms with E-state index in [9.17, 15) is 18.0 Å². The summed E-state index contributed by atoms with van der Waals surface area (Å²) in [6.07, 6.45) is -1.61. The van der Waals surface area contributed by atoms with Gasteiger partial charge in [-0.3, -0.25) is 4.90 Å². The van der Waals surface area contributed by atoms with Gasteiger partial charge in [0.1, 0.15) is 12.4 Å². The summed E-state index contributed by atoms with van der Waals surface area (Å²) in [5, 5.41) is 26.6. The molecule has 2 aromatic rings. The van der Waals surface area contributed by atoms with Crippen LogP contribution in [-0.2, 0) is 6.61 Å². The molecule has 0 saturated carbocycles. The van der Waals surface area contributed by atoms with Gasteiger partial charge < -0.3 is 14.9 Å². The monoisotopic (exact) mass is 367 g/mol. The second kappa shape index (κ2) is 8.17. The molecule has 1 amide bonds. The molecule has 1 aromatic carbocycles. The molecule has 0 bridgehead atoms. The third-order valence-corrected chi connectivity index (χ3v) is 3.24. The van der Waals surface area contributed by atoms with E-state index in [1.807, 2.05) is 0 Å². The molecule has 1 heterocycles. The first-order valence-corrected chi connectivity index (χ1v) is 7.16. The van der Waals surface area contributed by atoms with E-state index >= 15 is 0 Å². The maximum Gasteiger partial charge on any atom is 0.413 e. The second-order valence-corrected chi connectivity index (χ2v) is 4.95. The van der Waals surface area contributed by atoms with Gasteiger partial charge in [0.2, 0.25) is 0 Å². The van der Waals surface area contributed by atoms with Crippen LogP contribution >= 0.6 is 0 Å². The lowest BCUT2D eigenvalue weighted by Gasteiger charge is -2.18. The van der Waals surface area contributed by atoms with Crippen molar-refractivity contribution in [2.75, 3.05) is 18.1 Å². The molecular formula is C16H12F3N3O4. The van der Waals surface area contributed by atoms with Crippen LogP contribution in [0.3, 0.4) is 0 Å². The van der Waals surface area contributed by atoms with Crippen molar-refractivity contribution in [3.05, 3.63) is 52.8 Å². The Morgan fingerprint density at radius 2 is 1.96 bits per heavy atom. The van der Waals surface area contributed by atoms with Gasteiger partial charge in [0.25, 0.3) is 5.88 Å². The van der Waals surface area contributed by atoms with Gasteiger partial charge in [0.05, 0.1) is 24.8 Å². The number of aliphatic hydroxyl groups excluding tert-OH is 1. The maximum atomic E-state index is 13.8. The lowest BCUT2D eigenvalue weighted by Crippen LogP contribution is -2.33. The van der Waals surface area contributed by atoms with Gasteiger partial charge in [0, 0.05) is 11.6 Å². The molecule has 0 radical (unpaired) electrons. The van der Waals surface area contributed by atoms with Crippen LogP contribution in [0.2, 0.25) is 0 Å². The molecule has 0 spiro atoms. The number of aromatic nitrogens is 1. The maximum absolute atomic E-state index is 13.8. The number of carbonyl (C=O) groups is 1. The minimum Gasteiger partial charge on any atom is -0.471 e. The molecule has 0 fully saturated rings. The van der Waals surface area contributed by atoms with Crippen LogP contribution in [0.15, 0.2) is 24.3 Å². The first-order chi connectivity index (χ1) is 12.4. The van der Waals surface area contributed by atoms with Crippen LogP contribution in [0.4, 0.5) is 23.8 Å². The van der Waals surface area contributed by atoms with Crippen molar-refractivity contribution < 1.29 is 32.9 Å². The number of benzene rings is 1. The average molecular weight is 367 g/mol. The van der Waals surface area contributed by atoms with Crippen LogP contribution < -0.4 is 9.64 Å². The van der Waals surface area contributed by atoms with Crippen molar-refractivity contribution >= 4 is 11.9 Å². The molecule has 136 valence electrons. The van der Waals surface area contributed by atoms with E-state index < -0.39 is 55.0 Å². The smallest absolute Gasteiger partial charge is 0.413 e. The van der Waals surface area contributed by atoms with E-state index in [0.29, 0.717) is 11.0 Å². The van der Waals surface area contributed by atoms with E-state index in [4.69, 9.17) is 20.2 Å². The summed E-state index contributed by atoms with van der Waals surface area (Å²) in [4.78, 5) is 15.0. The van der Waals surface area contributed by atoms with Gasteiger partial charge in [0.15, 0.2) is 17.5 Å². The molecule has 0 aliphatic carbocycles. The predicted octanol–water partition coefficient (Wildman–Crippen LogP) is 2.43. The highest BCUT2D eigenvalue weighted by atomic mass is 19.1. The fraction of sp³-hybridized carbons (Fsp3) is 0.188. The van der Waals surface area contributed by atoms with Crippen molar-refractivity contribution in [2.45, 2.75) is 6.61 Å². The van der Waals surface area contributed by atoms with Gasteiger partial charge in [-0.05, 0) is 12.1 Å². The molecular weight excluding hydrogens is 355 g/mol. The van der Waals surface area contributed by atoms with Crippen molar-refractivity contribution in [3.63, 3.8) is 0 Å². The molecule has 0 aliphatic rings. The number of rotatable bonds is 6. The summed E-state index contributed by atoms with van der Waals surface area (Å²) in [7, 11) is 0. The number of carboxylic acid groups (broad SMARTS) is 1. The van der Waals surface area contributed by atoms with Crippen LogP contribution in [0.25, 0.3) is 0 Å². The summed E-state index contributed by atoms with van der Waals surface area (Å²) in [5.74, 6) is -4.75. The van der Waals surface area contributed by atoms with Crippen molar-refractivity contribution in [2.24, 2.45) is 0 Å². The number of halogens is 3. The van der Waals surface area contributed by atoms with Gasteiger partial charge in [-0.25, -0.2) is 18.0 Å². The largest absolute Gasteiger partial charge is 0.471 e. The number of pyridine rings is 1. The number of anilines is 1. The Hall–Kier alpha value is -3.32. The summed E-state index contributed by atoms with van der Waals surface area (Å²) in [6.45, 7) is -1.59. The number of aliphatic hydroxyl groups is 1. The summed E-state index contributed by atoms with van der Waals surface area (Å²) in [6, 6.07) is 5.67. The Bertz CT molecular complexity index is 871. The van der Waals surface area contributed by atoms with Crippen LogP contribution in [0.1, 0.15) is 11.1 Å². The molecule has 0 aliphatic heterocycles. The zero-order valence-electron chi connectivity index (χ0n) is 13.1. The Balaban J connectivity index is 2.28. The SMILES string of the molecule is N#Cc1ccc(COc2nc(N(CCO)C(=O)O)c(F)cc2F)c(F)c1. The Labute approximate surface area is 145 Å². The van der Waals surface area contributed by atoms with Crippen molar-refractivity contribution in [3.8, 4) is 11.9 Å². The molecule has 26 heavy (non-hydrogen) atoms. The summed E-state index contributed by atoms with van der Waals surface area (Å²) in [5.41, 5.74) is 0.0715. The summed E-state index contributed by atoms with van der Waals surface area (Å²) < 4.78 is 46.5. The lowest BCUT2D eigenvalue weighted by molar-refractivity contribution is 0.197. The molecule has 10 heteroatoms. The van der Waals surface area contributed by atoms with Gasteiger partial charge in [-0.1, -0.05) is 6.07 Å². The number of nitriles is 1. The number of ether oxygens (including phenoxy) is 1. The normalized spacial score (nSPS) is 10.3. The molecule has 2 N–H and O–H groups in total. The van der Waals surface area contributed by atoms with Crippen LogP contribution in [-0.4, -0.2) is 34.4 Å². The Kier molecular flexibility index (Phi) is 5.98. The standard InChI is InChI=1S/C16H12F3N3O4/c17-11-5-9(7-20)1-2-10(11)8-26-15-13(19)6-12(18)14(21-15)22(3-4-23)16(24)25/h1-2,5-6,23H,3-4,8H2,(H,24,25). The molecule has 0 unspecified atom stereocenters. The zero-order valence-corrected chi connectivity index (χ0v) is 13.1. The minimum absolute atomic E-state index is 0.0125.